The highest BCUT2D eigenvalue weighted by atomic mass is 16.3. The second-order valence-electron chi connectivity index (χ2n) is 6.51. The number of aliphatic hydroxyl groups excluding tert-OH is 1. The maximum Gasteiger partial charge on any atom is 0.0608 e. The van der Waals surface area contributed by atoms with E-state index in [2.05, 4.69) is 38.1 Å². The van der Waals surface area contributed by atoms with Gasteiger partial charge in [-0.15, -0.1) is 0 Å². The van der Waals surface area contributed by atoms with Gasteiger partial charge in [0.2, 0.25) is 0 Å². The van der Waals surface area contributed by atoms with Gasteiger partial charge in [0.15, 0.2) is 0 Å². The van der Waals surface area contributed by atoms with E-state index in [1.165, 1.54) is 49.7 Å². The highest BCUT2D eigenvalue weighted by Gasteiger charge is 2.26. The van der Waals surface area contributed by atoms with Gasteiger partial charge in [0.05, 0.1) is 6.10 Å². The predicted octanol–water partition coefficient (Wildman–Crippen LogP) is 4.76. The molecule has 0 saturated heterocycles. The van der Waals surface area contributed by atoms with Crippen LogP contribution in [0.1, 0.15) is 63.5 Å². The number of hydrogen-bond acceptors (Lipinski definition) is 1. The molecule has 1 aromatic rings. The summed E-state index contributed by atoms with van der Waals surface area (Å²) < 4.78 is 0. The van der Waals surface area contributed by atoms with Gasteiger partial charge in [0, 0.05) is 0 Å². The Morgan fingerprint density at radius 3 is 2.15 bits per heavy atom. The number of aryl methyl sites for hydroxylation is 1. The van der Waals surface area contributed by atoms with Crippen molar-refractivity contribution in [1.82, 2.24) is 0 Å². The predicted molar refractivity (Wildman–Crippen MR) is 85.9 cm³/mol. The molecule has 1 unspecified atom stereocenters. The van der Waals surface area contributed by atoms with Crippen molar-refractivity contribution in [3.8, 4) is 0 Å². The Bertz CT molecular complexity index is 373. The largest absolute Gasteiger partial charge is 0.392 e. The van der Waals surface area contributed by atoms with Crippen LogP contribution in [0.2, 0.25) is 0 Å². The van der Waals surface area contributed by atoms with E-state index >= 15 is 0 Å². The summed E-state index contributed by atoms with van der Waals surface area (Å²) >= 11 is 0. The molecule has 1 nitrogen and oxygen atoms in total. The molecule has 1 N–H and O–H groups in total. The minimum absolute atomic E-state index is 0.148. The smallest absolute Gasteiger partial charge is 0.0608 e. The van der Waals surface area contributed by atoms with Crippen LogP contribution in [0.25, 0.3) is 0 Å². The number of hydrogen-bond donors (Lipinski definition) is 1. The second kappa shape index (κ2) is 7.83. The van der Waals surface area contributed by atoms with E-state index in [0.717, 1.165) is 18.8 Å². The average molecular weight is 274 g/mol. The van der Waals surface area contributed by atoms with E-state index < -0.39 is 0 Å². The summed E-state index contributed by atoms with van der Waals surface area (Å²) in [7, 11) is 0. The molecule has 0 bridgehead atoms. The molecule has 1 aliphatic rings. The Morgan fingerprint density at radius 2 is 1.60 bits per heavy atom. The molecule has 0 aliphatic heterocycles. The summed E-state index contributed by atoms with van der Waals surface area (Å²) in [5.74, 6) is 1.45. The SMILES string of the molecule is CCCC1CCC(C(O)Cc2ccc(CC)cc2)CC1. The Hall–Kier alpha value is -0.820. The van der Waals surface area contributed by atoms with Gasteiger partial charge in [-0.1, -0.05) is 63.8 Å². The van der Waals surface area contributed by atoms with Crippen LogP contribution >= 0.6 is 0 Å². The quantitative estimate of drug-likeness (QED) is 0.793. The van der Waals surface area contributed by atoms with Crippen LogP contribution in [-0.4, -0.2) is 11.2 Å². The van der Waals surface area contributed by atoms with Gasteiger partial charge in [-0.25, -0.2) is 0 Å². The van der Waals surface area contributed by atoms with E-state index in [9.17, 15) is 5.11 Å². The molecule has 1 saturated carbocycles. The van der Waals surface area contributed by atoms with Crippen molar-refractivity contribution in [1.29, 1.82) is 0 Å². The lowest BCUT2D eigenvalue weighted by molar-refractivity contribution is 0.0728. The molecule has 1 heteroatoms. The van der Waals surface area contributed by atoms with Crippen LogP contribution in [0.5, 0.6) is 0 Å². The first-order valence-corrected chi connectivity index (χ1v) is 8.48. The first-order valence-electron chi connectivity index (χ1n) is 8.48. The fourth-order valence-corrected chi connectivity index (χ4v) is 3.59. The number of aliphatic hydroxyl groups is 1. The molecule has 20 heavy (non-hydrogen) atoms. The van der Waals surface area contributed by atoms with Gasteiger partial charge in [0.25, 0.3) is 0 Å². The molecular formula is C19H30O. The van der Waals surface area contributed by atoms with Gasteiger partial charge in [0.1, 0.15) is 0 Å². The fraction of sp³-hybridized carbons (Fsp3) is 0.684. The van der Waals surface area contributed by atoms with Crippen molar-refractivity contribution >= 4 is 0 Å². The highest BCUT2D eigenvalue weighted by Crippen LogP contribution is 2.34. The molecule has 2 rings (SSSR count). The minimum atomic E-state index is -0.148. The third-order valence-corrected chi connectivity index (χ3v) is 5.01. The van der Waals surface area contributed by atoms with Crippen LogP contribution < -0.4 is 0 Å². The monoisotopic (exact) mass is 274 g/mol. The zero-order valence-corrected chi connectivity index (χ0v) is 13.1. The van der Waals surface area contributed by atoms with E-state index in [0.29, 0.717) is 5.92 Å². The molecule has 0 amide bonds. The maximum atomic E-state index is 10.5. The lowest BCUT2D eigenvalue weighted by Crippen LogP contribution is -2.27. The summed E-state index contributed by atoms with van der Waals surface area (Å²) in [6.45, 7) is 4.46. The summed E-state index contributed by atoms with van der Waals surface area (Å²) in [6, 6.07) is 8.76. The van der Waals surface area contributed by atoms with Crippen molar-refractivity contribution < 1.29 is 5.11 Å². The van der Waals surface area contributed by atoms with Crippen LogP contribution in [-0.2, 0) is 12.8 Å². The molecule has 0 spiro atoms. The standard InChI is InChI=1S/C19H30O/c1-3-5-16-10-12-18(13-11-16)19(20)14-17-8-6-15(4-2)7-9-17/h6-9,16,18-20H,3-5,10-14H2,1-2H3. The van der Waals surface area contributed by atoms with Gasteiger partial charge in [-0.3, -0.25) is 0 Å². The van der Waals surface area contributed by atoms with E-state index in [1.807, 2.05) is 0 Å². The normalized spacial score (nSPS) is 24.6. The lowest BCUT2D eigenvalue weighted by Gasteiger charge is -2.31. The second-order valence-corrected chi connectivity index (χ2v) is 6.51. The first-order chi connectivity index (χ1) is 9.72. The van der Waals surface area contributed by atoms with Gasteiger partial charge >= 0.3 is 0 Å². The van der Waals surface area contributed by atoms with Crippen LogP contribution in [0, 0.1) is 11.8 Å². The molecule has 1 fully saturated rings. The van der Waals surface area contributed by atoms with E-state index in [4.69, 9.17) is 0 Å². The van der Waals surface area contributed by atoms with Crippen molar-refractivity contribution in [3.05, 3.63) is 35.4 Å². The molecule has 0 heterocycles. The maximum absolute atomic E-state index is 10.5. The molecule has 1 atom stereocenters. The van der Waals surface area contributed by atoms with E-state index in [1.54, 1.807) is 0 Å². The Balaban J connectivity index is 1.81. The molecule has 1 aliphatic carbocycles. The summed E-state index contributed by atoms with van der Waals surface area (Å²) in [4.78, 5) is 0. The Kier molecular flexibility index (Phi) is 6.09. The zero-order valence-electron chi connectivity index (χ0n) is 13.1. The molecule has 0 aromatic heterocycles. The van der Waals surface area contributed by atoms with Crippen LogP contribution in [0.3, 0.4) is 0 Å². The molecule has 112 valence electrons. The topological polar surface area (TPSA) is 20.2 Å². The van der Waals surface area contributed by atoms with Crippen LogP contribution in [0.4, 0.5) is 0 Å². The van der Waals surface area contributed by atoms with Crippen molar-refractivity contribution in [2.75, 3.05) is 0 Å². The van der Waals surface area contributed by atoms with Crippen molar-refractivity contribution in [2.24, 2.45) is 11.8 Å². The third kappa shape index (κ3) is 4.34. The molecule has 0 radical (unpaired) electrons. The Labute approximate surface area is 124 Å². The number of benzene rings is 1. The van der Waals surface area contributed by atoms with Gasteiger partial charge in [-0.05, 0) is 48.6 Å². The summed E-state index contributed by atoms with van der Waals surface area (Å²) in [5, 5.41) is 10.5. The third-order valence-electron chi connectivity index (χ3n) is 5.01. The van der Waals surface area contributed by atoms with Crippen molar-refractivity contribution in [2.45, 2.75) is 71.3 Å². The van der Waals surface area contributed by atoms with E-state index in [-0.39, 0.29) is 6.10 Å². The summed E-state index contributed by atoms with van der Waals surface area (Å²) in [6.07, 6.45) is 9.54. The van der Waals surface area contributed by atoms with Crippen LogP contribution in [0.15, 0.2) is 24.3 Å². The lowest BCUT2D eigenvalue weighted by atomic mass is 9.77. The van der Waals surface area contributed by atoms with Crippen molar-refractivity contribution in [3.63, 3.8) is 0 Å². The molecule has 1 aromatic carbocycles. The molecular weight excluding hydrogens is 244 g/mol. The first kappa shape index (κ1) is 15.6. The Morgan fingerprint density at radius 1 is 1.00 bits per heavy atom. The van der Waals surface area contributed by atoms with Gasteiger partial charge < -0.3 is 5.11 Å². The fourth-order valence-electron chi connectivity index (χ4n) is 3.59. The highest BCUT2D eigenvalue weighted by molar-refractivity contribution is 5.23. The zero-order chi connectivity index (χ0) is 14.4. The number of rotatable bonds is 6. The average Bonchev–Trinajstić information content (AvgIpc) is 2.49. The summed E-state index contributed by atoms with van der Waals surface area (Å²) in [5.41, 5.74) is 2.66. The van der Waals surface area contributed by atoms with Gasteiger partial charge in [-0.2, -0.15) is 0 Å². The minimum Gasteiger partial charge on any atom is -0.392 e.